The molecule has 4 nitrogen and oxygen atoms in total. The zero-order valence-electron chi connectivity index (χ0n) is 14.3. The van der Waals surface area contributed by atoms with Gasteiger partial charge in [0.1, 0.15) is 0 Å². The highest BCUT2D eigenvalue weighted by atomic mass is 79.9. The Labute approximate surface area is 160 Å². The van der Waals surface area contributed by atoms with Gasteiger partial charge in [-0.3, -0.25) is 9.59 Å². The molecule has 3 rings (SSSR count). The summed E-state index contributed by atoms with van der Waals surface area (Å²) in [5, 5.41) is 9.05. The van der Waals surface area contributed by atoms with E-state index < -0.39 is 5.97 Å². The molecule has 132 valence electrons. The summed E-state index contributed by atoms with van der Waals surface area (Å²) in [4.78, 5) is 22.8. The van der Waals surface area contributed by atoms with Gasteiger partial charge in [-0.05, 0) is 55.3 Å². The first kappa shape index (κ1) is 18.1. The molecule has 1 heterocycles. The third kappa shape index (κ3) is 3.94. The molecule has 0 amide bonds. The number of ketones is 1. The van der Waals surface area contributed by atoms with Crippen LogP contribution < -0.4 is 0 Å². The average molecular weight is 412 g/mol. The first-order valence-electron chi connectivity index (χ1n) is 8.25. The van der Waals surface area contributed by atoms with Crippen LogP contribution in [0.4, 0.5) is 0 Å². The number of carbonyl (C=O) groups excluding carboxylic acids is 1. The van der Waals surface area contributed by atoms with Crippen LogP contribution in [0.1, 0.15) is 29.4 Å². The van der Waals surface area contributed by atoms with Crippen molar-refractivity contribution in [3.8, 4) is 16.9 Å². The van der Waals surface area contributed by atoms with Crippen LogP contribution in [0.5, 0.6) is 0 Å². The van der Waals surface area contributed by atoms with Crippen molar-refractivity contribution in [3.63, 3.8) is 0 Å². The second kappa shape index (κ2) is 7.70. The summed E-state index contributed by atoms with van der Waals surface area (Å²) < 4.78 is 3.02. The maximum atomic E-state index is 11.8. The van der Waals surface area contributed by atoms with Crippen molar-refractivity contribution in [2.24, 2.45) is 0 Å². The van der Waals surface area contributed by atoms with Crippen LogP contribution in [0.15, 0.2) is 65.1 Å². The lowest BCUT2D eigenvalue weighted by Crippen LogP contribution is -2.06. The molecule has 0 aliphatic heterocycles. The summed E-state index contributed by atoms with van der Waals surface area (Å²) >= 11 is 3.44. The number of carboxylic acids is 1. The number of Topliss-reactive ketones (excluding diaryl/α,β-unsaturated/α-hetero) is 1. The Morgan fingerprint density at radius 3 is 2.42 bits per heavy atom. The van der Waals surface area contributed by atoms with Gasteiger partial charge in [-0.2, -0.15) is 0 Å². The molecule has 0 aliphatic rings. The third-order valence-corrected chi connectivity index (χ3v) is 4.74. The van der Waals surface area contributed by atoms with E-state index in [1.807, 2.05) is 59.2 Å². The smallest absolute Gasteiger partial charge is 0.303 e. The lowest BCUT2D eigenvalue weighted by molar-refractivity contribution is -0.136. The number of halogens is 1. The van der Waals surface area contributed by atoms with Crippen molar-refractivity contribution in [3.05, 3.63) is 76.4 Å². The van der Waals surface area contributed by atoms with E-state index in [4.69, 9.17) is 5.11 Å². The fraction of sp³-hybridized carbons (Fsp3) is 0.143. The molecular weight excluding hydrogens is 394 g/mol. The molecule has 0 atom stereocenters. The lowest BCUT2D eigenvalue weighted by Gasteiger charge is -2.15. The zero-order chi connectivity index (χ0) is 18.7. The first-order chi connectivity index (χ1) is 12.5. The van der Waals surface area contributed by atoms with Crippen LogP contribution >= 0.6 is 15.9 Å². The second-order valence-corrected chi connectivity index (χ2v) is 6.97. The molecule has 26 heavy (non-hydrogen) atoms. The van der Waals surface area contributed by atoms with Crippen molar-refractivity contribution in [1.82, 2.24) is 4.57 Å². The Hall–Kier alpha value is -2.66. The number of hydrogen-bond donors (Lipinski definition) is 1. The highest BCUT2D eigenvalue weighted by molar-refractivity contribution is 9.10. The number of carboxylic acid groups (broad SMARTS) is 1. The largest absolute Gasteiger partial charge is 0.481 e. The zero-order valence-corrected chi connectivity index (χ0v) is 15.9. The number of hydrogen-bond acceptors (Lipinski definition) is 2. The van der Waals surface area contributed by atoms with Crippen LogP contribution in [0.25, 0.3) is 16.9 Å². The van der Waals surface area contributed by atoms with Crippen molar-refractivity contribution < 1.29 is 14.7 Å². The number of aliphatic carboxylic acids is 1. The number of aryl methyl sites for hydroxylation is 1. The standard InChI is InChI=1S/C21H18BrNO3/c1-14(24)16-3-2-4-19(13-16)23-18(10-12-21(25)26)9-11-20(23)15-5-7-17(22)8-6-15/h2-9,11,13H,10,12H2,1H3,(H,25,26). The molecule has 0 radical (unpaired) electrons. The van der Waals surface area contributed by atoms with Gasteiger partial charge in [0.05, 0.1) is 12.1 Å². The van der Waals surface area contributed by atoms with Gasteiger partial charge in [0.15, 0.2) is 5.78 Å². The Kier molecular flexibility index (Phi) is 5.38. The Morgan fingerprint density at radius 1 is 1.04 bits per heavy atom. The predicted molar refractivity (Wildman–Crippen MR) is 105 cm³/mol. The maximum absolute atomic E-state index is 11.8. The Balaban J connectivity index is 2.14. The summed E-state index contributed by atoms with van der Waals surface area (Å²) in [6.45, 7) is 1.54. The van der Waals surface area contributed by atoms with Gasteiger partial charge in [0.2, 0.25) is 0 Å². The molecule has 0 saturated heterocycles. The fourth-order valence-electron chi connectivity index (χ4n) is 2.92. The third-order valence-electron chi connectivity index (χ3n) is 4.21. The van der Waals surface area contributed by atoms with Crippen LogP contribution in [0, 0.1) is 0 Å². The molecule has 0 aliphatic carbocycles. The molecule has 0 bridgehead atoms. The quantitative estimate of drug-likeness (QED) is 0.572. The van der Waals surface area contributed by atoms with Gasteiger partial charge < -0.3 is 9.67 Å². The van der Waals surface area contributed by atoms with Crippen molar-refractivity contribution in [2.45, 2.75) is 19.8 Å². The van der Waals surface area contributed by atoms with Crippen LogP contribution in [0.2, 0.25) is 0 Å². The molecule has 0 spiro atoms. The summed E-state index contributed by atoms with van der Waals surface area (Å²) in [5.74, 6) is -0.836. The van der Waals surface area contributed by atoms with Crippen molar-refractivity contribution >= 4 is 27.7 Å². The van der Waals surface area contributed by atoms with E-state index in [9.17, 15) is 9.59 Å². The first-order valence-corrected chi connectivity index (χ1v) is 9.05. The lowest BCUT2D eigenvalue weighted by atomic mass is 10.1. The van der Waals surface area contributed by atoms with E-state index in [2.05, 4.69) is 15.9 Å². The van der Waals surface area contributed by atoms with Gasteiger partial charge in [-0.1, -0.05) is 40.2 Å². The van der Waals surface area contributed by atoms with E-state index in [-0.39, 0.29) is 12.2 Å². The van der Waals surface area contributed by atoms with Gasteiger partial charge in [0, 0.05) is 21.4 Å². The molecule has 1 aromatic heterocycles. The van der Waals surface area contributed by atoms with Gasteiger partial charge >= 0.3 is 5.97 Å². The van der Waals surface area contributed by atoms with Gasteiger partial charge in [-0.25, -0.2) is 0 Å². The Bertz CT molecular complexity index is 958. The van der Waals surface area contributed by atoms with Crippen LogP contribution in [0.3, 0.4) is 0 Å². The molecule has 3 aromatic rings. The molecule has 0 unspecified atom stereocenters. The second-order valence-electron chi connectivity index (χ2n) is 6.05. The number of nitrogens with zero attached hydrogens (tertiary/aromatic N) is 1. The van der Waals surface area contributed by atoms with E-state index in [1.54, 1.807) is 6.07 Å². The predicted octanol–water partition coefficient (Wildman–Crippen LogP) is 5.13. The summed E-state index contributed by atoms with van der Waals surface area (Å²) in [6, 6.07) is 19.3. The maximum Gasteiger partial charge on any atom is 0.303 e. The molecule has 5 heteroatoms. The molecular formula is C21H18BrNO3. The topological polar surface area (TPSA) is 59.3 Å². The van der Waals surface area contributed by atoms with Crippen molar-refractivity contribution in [1.29, 1.82) is 0 Å². The highest BCUT2D eigenvalue weighted by Crippen LogP contribution is 2.29. The minimum absolute atomic E-state index is 0.00344. The number of rotatable bonds is 6. The number of aromatic nitrogens is 1. The molecule has 2 aromatic carbocycles. The summed E-state index contributed by atoms with van der Waals surface area (Å²) in [6.07, 6.45) is 0.465. The van der Waals surface area contributed by atoms with Crippen molar-refractivity contribution in [2.75, 3.05) is 0 Å². The number of carbonyl (C=O) groups is 2. The minimum atomic E-state index is -0.833. The Morgan fingerprint density at radius 2 is 1.77 bits per heavy atom. The molecule has 0 fully saturated rings. The highest BCUT2D eigenvalue weighted by Gasteiger charge is 2.14. The van der Waals surface area contributed by atoms with Crippen LogP contribution in [-0.4, -0.2) is 21.4 Å². The summed E-state index contributed by atoms with van der Waals surface area (Å²) in [5.41, 5.74) is 4.34. The van der Waals surface area contributed by atoms with Gasteiger partial charge in [-0.15, -0.1) is 0 Å². The van der Waals surface area contributed by atoms with E-state index >= 15 is 0 Å². The number of benzene rings is 2. The average Bonchev–Trinajstić information content (AvgIpc) is 3.04. The monoisotopic (exact) mass is 411 g/mol. The SMILES string of the molecule is CC(=O)c1cccc(-n2c(CCC(=O)O)ccc2-c2ccc(Br)cc2)c1. The summed E-state index contributed by atoms with van der Waals surface area (Å²) in [7, 11) is 0. The van der Waals surface area contributed by atoms with E-state index in [0.29, 0.717) is 12.0 Å². The van der Waals surface area contributed by atoms with E-state index in [0.717, 1.165) is 27.1 Å². The van der Waals surface area contributed by atoms with Crippen LogP contribution in [-0.2, 0) is 11.2 Å². The normalized spacial score (nSPS) is 10.7. The minimum Gasteiger partial charge on any atom is -0.481 e. The fourth-order valence-corrected chi connectivity index (χ4v) is 3.19. The van der Waals surface area contributed by atoms with E-state index in [1.165, 1.54) is 6.92 Å². The molecule has 0 saturated carbocycles. The molecule has 1 N–H and O–H groups in total. The van der Waals surface area contributed by atoms with Gasteiger partial charge in [0.25, 0.3) is 0 Å².